The van der Waals surface area contributed by atoms with Crippen LogP contribution in [-0.4, -0.2) is 40.9 Å². The highest BCUT2D eigenvalue weighted by atomic mass is 16.6. The number of carbonyl (C=O) groups is 1. The molecule has 21 heavy (non-hydrogen) atoms. The van der Waals surface area contributed by atoms with Gasteiger partial charge >= 0.3 is 5.69 Å². The highest BCUT2D eigenvalue weighted by Gasteiger charge is 2.30. The van der Waals surface area contributed by atoms with E-state index in [1.807, 2.05) is 4.90 Å². The molecule has 0 spiro atoms. The summed E-state index contributed by atoms with van der Waals surface area (Å²) in [6.07, 6.45) is 1.15. The van der Waals surface area contributed by atoms with Gasteiger partial charge in [-0.25, -0.2) is 4.98 Å². The second kappa shape index (κ2) is 5.90. The zero-order valence-corrected chi connectivity index (χ0v) is 12.0. The first-order chi connectivity index (χ1) is 9.93. The Balaban J connectivity index is 2.32. The van der Waals surface area contributed by atoms with E-state index in [2.05, 4.69) is 15.3 Å². The third-order valence-corrected chi connectivity index (χ3v) is 3.64. The van der Waals surface area contributed by atoms with Crippen molar-refractivity contribution < 1.29 is 9.72 Å². The van der Waals surface area contributed by atoms with Gasteiger partial charge in [0.15, 0.2) is 0 Å². The molecule has 0 atom stereocenters. The number of piperidine rings is 1. The lowest BCUT2D eigenvalue weighted by Crippen LogP contribution is -2.39. The van der Waals surface area contributed by atoms with E-state index in [-0.39, 0.29) is 17.5 Å². The van der Waals surface area contributed by atoms with Gasteiger partial charge in [0.2, 0.25) is 17.7 Å². The quantitative estimate of drug-likeness (QED) is 0.609. The maximum atomic E-state index is 11.3. The number of hydrogen-bond acceptors (Lipinski definition) is 7. The fourth-order valence-corrected chi connectivity index (χ4v) is 2.47. The molecule has 2 rings (SSSR count). The zero-order valence-electron chi connectivity index (χ0n) is 12.0. The van der Waals surface area contributed by atoms with Crippen LogP contribution in [0.5, 0.6) is 0 Å². The predicted octanol–water partition coefficient (Wildman–Crippen LogP) is 0.437. The Labute approximate surface area is 121 Å². The summed E-state index contributed by atoms with van der Waals surface area (Å²) in [5.41, 5.74) is 5.52. The molecule has 0 saturated carbocycles. The molecule has 3 N–H and O–H groups in total. The number of nitrogens with two attached hydrogens (primary N) is 1. The molecule has 1 fully saturated rings. The molecule has 1 aliphatic rings. The number of aryl methyl sites for hydroxylation is 1. The minimum atomic E-state index is -0.468. The van der Waals surface area contributed by atoms with E-state index in [1.54, 1.807) is 14.0 Å². The van der Waals surface area contributed by atoms with Crippen molar-refractivity contribution >= 4 is 23.4 Å². The number of rotatable bonds is 4. The third-order valence-electron chi connectivity index (χ3n) is 3.64. The molecule has 0 radical (unpaired) electrons. The molecule has 114 valence electrons. The molecule has 2 heterocycles. The maximum absolute atomic E-state index is 11.3. The van der Waals surface area contributed by atoms with Crippen molar-refractivity contribution in [1.82, 2.24) is 9.97 Å². The molecule has 1 amide bonds. The summed E-state index contributed by atoms with van der Waals surface area (Å²) >= 11 is 0. The first kappa shape index (κ1) is 14.9. The Morgan fingerprint density at radius 2 is 2.05 bits per heavy atom. The molecule has 1 aromatic heterocycles. The summed E-state index contributed by atoms with van der Waals surface area (Å²) in [6, 6.07) is 0. The smallest absolute Gasteiger partial charge is 0.332 e. The van der Waals surface area contributed by atoms with Crippen LogP contribution in [0.3, 0.4) is 0 Å². The molecule has 0 aromatic carbocycles. The number of hydrogen-bond donors (Lipinski definition) is 2. The zero-order chi connectivity index (χ0) is 15.6. The number of carbonyl (C=O) groups excluding carboxylic acids is 1. The van der Waals surface area contributed by atoms with Crippen LogP contribution in [0.2, 0.25) is 0 Å². The van der Waals surface area contributed by atoms with E-state index < -0.39 is 4.92 Å². The summed E-state index contributed by atoms with van der Waals surface area (Å²) in [5.74, 6) is 0.135. The van der Waals surface area contributed by atoms with Crippen LogP contribution in [0.4, 0.5) is 17.5 Å². The van der Waals surface area contributed by atoms with Crippen LogP contribution in [0.25, 0.3) is 0 Å². The highest BCUT2D eigenvalue weighted by Crippen LogP contribution is 2.32. The average molecular weight is 294 g/mol. The first-order valence-corrected chi connectivity index (χ1v) is 6.69. The Kier molecular flexibility index (Phi) is 4.20. The summed E-state index contributed by atoms with van der Waals surface area (Å²) in [4.78, 5) is 32.1. The monoisotopic (exact) mass is 294 g/mol. The van der Waals surface area contributed by atoms with Crippen molar-refractivity contribution in [2.45, 2.75) is 19.8 Å². The number of primary amides is 1. The molecular formula is C12H18N6O3. The minimum absolute atomic E-state index is 0.0912. The fraction of sp³-hybridized carbons (Fsp3) is 0.583. The van der Waals surface area contributed by atoms with E-state index in [1.165, 1.54) is 0 Å². The second-order valence-electron chi connectivity index (χ2n) is 4.98. The molecule has 1 aliphatic heterocycles. The number of nitro groups is 1. The minimum Gasteiger partial charge on any atom is -0.369 e. The number of amides is 1. The number of nitrogens with zero attached hydrogens (tertiary/aromatic N) is 4. The van der Waals surface area contributed by atoms with Crippen molar-refractivity contribution in [3.05, 3.63) is 15.8 Å². The lowest BCUT2D eigenvalue weighted by molar-refractivity contribution is -0.385. The molecule has 9 heteroatoms. The van der Waals surface area contributed by atoms with Gasteiger partial charge in [0, 0.05) is 26.1 Å². The van der Waals surface area contributed by atoms with E-state index in [0.29, 0.717) is 43.4 Å². The molecule has 1 saturated heterocycles. The van der Waals surface area contributed by atoms with Crippen molar-refractivity contribution in [2.24, 2.45) is 11.7 Å². The normalized spacial score (nSPS) is 15.8. The topological polar surface area (TPSA) is 127 Å². The summed E-state index contributed by atoms with van der Waals surface area (Å²) in [5, 5.41) is 14.1. The molecule has 0 aliphatic carbocycles. The third kappa shape index (κ3) is 3.01. The Morgan fingerprint density at radius 1 is 1.43 bits per heavy atom. The Morgan fingerprint density at radius 3 is 2.52 bits per heavy atom. The average Bonchev–Trinajstić information content (AvgIpc) is 2.45. The van der Waals surface area contributed by atoms with Gasteiger partial charge in [-0.3, -0.25) is 14.9 Å². The maximum Gasteiger partial charge on any atom is 0.332 e. The SMILES string of the molecule is CNc1nc(C)c([N+](=O)[O-])c(N2CCC(C(N)=O)CC2)n1. The summed E-state index contributed by atoms with van der Waals surface area (Å²) in [7, 11) is 1.66. The van der Waals surface area contributed by atoms with Gasteiger partial charge in [-0.1, -0.05) is 0 Å². The van der Waals surface area contributed by atoms with Crippen LogP contribution >= 0.6 is 0 Å². The van der Waals surface area contributed by atoms with Gasteiger partial charge < -0.3 is 16.0 Å². The highest BCUT2D eigenvalue weighted by molar-refractivity contribution is 5.77. The molecule has 9 nitrogen and oxygen atoms in total. The lowest BCUT2D eigenvalue weighted by Gasteiger charge is -2.31. The van der Waals surface area contributed by atoms with Gasteiger partial charge in [-0.15, -0.1) is 0 Å². The van der Waals surface area contributed by atoms with Gasteiger partial charge in [0.05, 0.1) is 4.92 Å². The van der Waals surface area contributed by atoms with Crippen LogP contribution in [0.1, 0.15) is 18.5 Å². The second-order valence-corrected chi connectivity index (χ2v) is 4.98. The Hall–Kier alpha value is -2.45. The summed E-state index contributed by atoms with van der Waals surface area (Å²) in [6.45, 7) is 2.60. The standard InChI is InChI=1S/C12H18N6O3/c1-7-9(18(20)21)11(16-12(14-2)15-7)17-5-3-8(4-6-17)10(13)19/h8H,3-6H2,1-2H3,(H2,13,19)(H,14,15,16). The van der Waals surface area contributed by atoms with Crippen LogP contribution in [0.15, 0.2) is 0 Å². The Bertz CT molecular complexity index is 568. The van der Waals surface area contributed by atoms with Crippen molar-refractivity contribution in [3.63, 3.8) is 0 Å². The van der Waals surface area contributed by atoms with Gasteiger partial charge in [0.25, 0.3) is 0 Å². The van der Waals surface area contributed by atoms with E-state index in [0.717, 1.165) is 0 Å². The van der Waals surface area contributed by atoms with Crippen molar-refractivity contribution in [1.29, 1.82) is 0 Å². The summed E-state index contributed by atoms with van der Waals surface area (Å²) < 4.78 is 0. The molecule has 0 unspecified atom stereocenters. The van der Waals surface area contributed by atoms with Crippen molar-refractivity contribution in [3.8, 4) is 0 Å². The van der Waals surface area contributed by atoms with Crippen LogP contribution in [0, 0.1) is 23.0 Å². The van der Waals surface area contributed by atoms with E-state index in [9.17, 15) is 14.9 Å². The van der Waals surface area contributed by atoms with E-state index in [4.69, 9.17) is 5.73 Å². The molecule has 0 bridgehead atoms. The van der Waals surface area contributed by atoms with E-state index >= 15 is 0 Å². The lowest BCUT2D eigenvalue weighted by atomic mass is 9.96. The predicted molar refractivity (Wildman–Crippen MR) is 77.1 cm³/mol. The largest absolute Gasteiger partial charge is 0.369 e. The first-order valence-electron chi connectivity index (χ1n) is 6.69. The fourth-order valence-electron chi connectivity index (χ4n) is 2.47. The van der Waals surface area contributed by atoms with Crippen molar-refractivity contribution in [2.75, 3.05) is 30.4 Å². The molecule has 1 aromatic rings. The van der Waals surface area contributed by atoms with Gasteiger partial charge in [-0.05, 0) is 19.8 Å². The van der Waals surface area contributed by atoms with Crippen LogP contribution in [-0.2, 0) is 4.79 Å². The van der Waals surface area contributed by atoms with Crippen LogP contribution < -0.4 is 16.0 Å². The van der Waals surface area contributed by atoms with Gasteiger partial charge in [-0.2, -0.15) is 4.98 Å². The number of nitrogens with one attached hydrogen (secondary N) is 1. The number of aromatic nitrogens is 2. The molecular weight excluding hydrogens is 276 g/mol. The van der Waals surface area contributed by atoms with Gasteiger partial charge in [0.1, 0.15) is 5.69 Å². The number of anilines is 2.